The third kappa shape index (κ3) is 3.07. The van der Waals surface area contributed by atoms with Crippen molar-refractivity contribution in [2.45, 2.75) is 5.60 Å². The fraction of sp³-hybridized carbons (Fsp3) is 0.240. The predicted molar refractivity (Wildman–Crippen MR) is 123 cm³/mol. The zero-order valence-corrected chi connectivity index (χ0v) is 18.1. The highest BCUT2D eigenvalue weighted by atomic mass is 16.6. The Labute approximate surface area is 177 Å². The number of nitrogens with zero attached hydrogens (tertiary/aromatic N) is 2. The summed E-state index contributed by atoms with van der Waals surface area (Å²) < 4.78 is 6.26. The predicted octanol–water partition coefficient (Wildman–Crippen LogP) is 4.32. The largest absolute Gasteiger partial charge is 0.441 e. The molecule has 3 aromatic rings. The number of esters is 1. The molecule has 1 unspecified atom stereocenters. The number of fused-ring (bicyclic) bond motifs is 1. The molecule has 0 saturated carbocycles. The number of anilines is 3. The lowest BCUT2D eigenvalue weighted by Gasteiger charge is -2.32. The maximum Gasteiger partial charge on any atom is 0.340 e. The molecule has 0 spiro atoms. The Kier molecular flexibility index (Phi) is 4.90. The maximum atomic E-state index is 13.0. The van der Waals surface area contributed by atoms with E-state index >= 15 is 0 Å². The number of cyclic esters (lactones) is 1. The molecule has 0 fully saturated rings. The Bertz CT molecular complexity index is 1110. The van der Waals surface area contributed by atoms with Crippen molar-refractivity contribution in [2.75, 3.05) is 50.4 Å². The van der Waals surface area contributed by atoms with Gasteiger partial charge in [-0.1, -0.05) is 24.3 Å². The van der Waals surface area contributed by atoms with Gasteiger partial charge in [0.05, 0.1) is 5.56 Å². The van der Waals surface area contributed by atoms with Gasteiger partial charge in [-0.3, -0.25) is 0 Å². The zero-order valence-electron chi connectivity index (χ0n) is 18.1. The van der Waals surface area contributed by atoms with Crippen LogP contribution in [0.3, 0.4) is 0 Å². The van der Waals surface area contributed by atoms with Gasteiger partial charge in [-0.2, -0.15) is 0 Å². The van der Waals surface area contributed by atoms with Crippen LogP contribution in [-0.2, 0) is 10.3 Å². The lowest BCUT2D eigenvalue weighted by molar-refractivity contribution is 0.0252. The monoisotopic (exact) mass is 401 g/mol. The Morgan fingerprint density at radius 1 is 0.800 bits per heavy atom. The first-order chi connectivity index (χ1) is 14.4. The molecule has 5 nitrogen and oxygen atoms in total. The third-order valence-electron chi connectivity index (χ3n) is 5.69. The van der Waals surface area contributed by atoms with Crippen LogP contribution < -0.4 is 15.1 Å². The second-order valence-electron chi connectivity index (χ2n) is 7.97. The Hall–Kier alpha value is -3.47. The molecule has 4 rings (SSSR count). The summed E-state index contributed by atoms with van der Waals surface area (Å²) >= 11 is 0. The number of hydrogen-bond donors (Lipinski definition) is 1. The molecule has 1 heterocycles. The average Bonchev–Trinajstić information content (AvgIpc) is 3.06. The van der Waals surface area contributed by atoms with Crippen molar-refractivity contribution in [3.8, 4) is 0 Å². The van der Waals surface area contributed by atoms with Crippen molar-refractivity contribution in [2.24, 2.45) is 0 Å². The summed E-state index contributed by atoms with van der Waals surface area (Å²) in [5.41, 5.74) is 5.31. The van der Waals surface area contributed by atoms with Gasteiger partial charge in [-0.25, -0.2) is 4.79 Å². The van der Waals surface area contributed by atoms with E-state index < -0.39 is 5.60 Å². The molecule has 5 heteroatoms. The summed E-state index contributed by atoms with van der Waals surface area (Å²) in [4.78, 5) is 17.1. The second kappa shape index (κ2) is 7.41. The van der Waals surface area contributed by atoms with Crippen LogP contribution in [0.4, 0.5) is 17.1 Å². The van der Waals surface area contributed by atoms with Crippen LogP contribution >= 0.6 is 0 Å². The van der Waals surface area contributed by atoms with E-state index in [1.807, 2.05) is 88.7 Å². The molecule has 1 atom stereocenters. The molecule has 0 amide bonds. The van der Waals surface area contributed by atoms with E-state index in [9.17, 15) is 4.79 Å². The molecule has 1 aliphatic rings. The summed E-state index contributed by atoms with van der Waals surface area (Å²) in [6.45, 7) is 0. The van der Waals surface area contributed by atoms with E-state index in [1.165, 1.54) is 0 Å². The molecule has 1 aliphatic heterocycles. The van der Waals surface area contributed by atoms with Gasteiger partial charge in [-0.05, 0) is 42.5 Å². The minimum absolute atomic E-state index is 0.305. The second-order valence-corrected chi connectivity index (χ2v) is 7.97. The Balaban J connectivity index is 2.06. The van der Waals surface area contributed by atoms with Crippen LogP contribution in [0, 0.1) is 0 Å². The maximum absolute atomic E-state index is 13.0. The average molecular weight is 402 g/mol. The van der Waals surface area contributed by atoms with E-state index in [4.69, 9.17) is 4.74 Å². The van der Waals surface area contributed by atoms with E-state index in [0.717, 1.165) is 33.8 Å². The quantitative estimate of drug-likeness (QED) is 0.645. The number of carbonyl (C=O) groups excluding carboxylic acids is 1. The lowest BCUT2D eigenvalue weighted by Crippen LogP contribution is -2.30. The fourth-order valence-electron chi connectivity index (χ4n) is 4.02. The van der Waals surface area contributed by atoms with Gasteiger partial charge in [0.25, 0.3) is 0 Å². The van der Waals surface area contributed by atoms with E-state index in [-0.39, 0.29) is 5.97 Å². The highest BCUT2D eigenvalue weighted by molar-refractivity contribution is 5.97. The molecular formula is C25H27N3O2. The van der Waals surface area contributed by atoms with E-state index in [0.29, 0.717) is 5.56 Å². The van der Waals surface area contributed by atoms with Gasteiger partial charge >= 0.3 is 5.97 Å². The molecule has 1 N–H and O–H groups in total. The number of benzene rings is 3. The SMILES string of the molecule is CNc1cccc(C2(c3cccc(N(C)C)c3)OC(=O)c3ccc(N(C)C)cc32)c1. The van der Waals surface area contributed by atoms with Crippen LogP contribution in [0.15, 0.2) is 66.7 Å². The van der Waals surface area contributed by atoms with Gasteiger partial charge in [0, 0.05) is 69.0 Å². The summed E-state index contributed by atoms with van der Waals surface area (Å²) in [6.07, 6.45) is 0. The molecule has 0 bridgehead atoms. The molecule has 0 radical (unpaired) electrons. The summed E-state index contributed by atoms with van der Waals surface area (Å²) in [5, 5.41) is 3.20. The minimum Gasteiger partial charge on any atom is -0.441 e. The van der Waals surface area contributed by atoms with Gasteiger partial charge < -0.3 is 19.9 Å². The van der Waals surface area contributed by atoms with Crippen molar-refractivity contribution in [3.05, 3.63) is 89.0 Å². The zero-order chi connectivity index (χ0) is 21.5. The summed E-state index contributed by atoms with van der Waals surface area (Å²) in [5.74, 6) is -0.305. The van der Waals surface area contributed by atoms with Crippen LogP contribution in [0.2, 0.25) is 0 Å². The van der Waals surface area contributed by atoms with Gasteiger partial charge in [0.15, 0.2) is 5.60 Å². The van der Waals surface area contributed by atoms with Crippen LogP contribution in [0.25, 0.3) is 0 Å². The molecule has 30 heavy (non-hydrogen) atoms. The number of rotatable bonds is 5. The number of hydrogen-bond acceptors (Lipinski definition) is 5. The first-order valence-corrected chi connectivity index (χ1v) is 9.98. The molecule has 3 aromatic carbocycles. The molecule has 154 valence electrons. The first kappa shape index (κ1) is 19.8. The lowest BCUT2D eigenvalue weighted by atomic mass is 9.79. The molecular weight excluding hydrogens is 374 g/mol. The molecule has 0 aliphatic carbocycles. The van der Waals surface area contributed by atoms with Crippen LogP contribution in [0.1, 0.15) is 27.0 Å². The molecule has 0 saturated heterocycles. The third-order valence-corrected chi connectivity index (χ3v) is 5.69. The number of carbonyl (C=O) groups is 1. The highest BCUT2D eigenvalue weighted by Gasteiger charge is 2.49. The fourth-order valence-corrected chi connectivity index (χ4v) is 4.02. The van der Waals surface area contributed by atoms with E-state index in [1.54, 1.807) is 0 Å². The van der Waals surface area contributed by atoms with Gasteiger partial charge in [0.1, 0.15) is 0 Å². The smallest absolute Gasteiger partial charge is 0.340 e. The van der Waals surface area contributed by atoms with Crippen molar-refractivity contribution < 1.29 is 9.53 Å². The summed E-state index contributed by atoms with van der Waals surface area (Å²) in [7, 11) is 9.89. The van der Waals surface area contributed by atoms with Gasteiger partial charge in [0.2, 0.25) is 0 Å². The van der Waals surface area contributed by atoms with Crippen LogP contribution in [0.5, 0.6) is 0 Å². The van der Waals surface area contributed by atoms with Gasteiger partial charge in [-0.15, -0.1) is 0 Å². The van der Waals surface area contributed by atoms with Crippen molar-refractivity contribution in [3.63, 3.8) is 0 Å². The normalized spacial score (nSPS) is 17.3. The topological polar surface area (TPSA) is 44.8 Å². The first-order valence-electron chi connectivity index (χ1n) is 9.98. The standard InChI is InChI=1S/C25H27N3O2/c1-26-19-10-6-8-17(14-19)25(18-9-7-11-20(15-18)27(2)3)23-16-21(28(4)5)12-13-22(23)24(29)30-25/h6-16,26H,1-5H3. The van der Waals surface area contributed by atoms with Crippen molar-refractivity contribution in [1.29, 1.82) is 0 Å². The Morgan fingerprint density at radius 2 is 1.43 bits per heavy atom. The van der Waals surface area contributed by atoms with Crippen molar-refractivity contribution in [1.82, 2.24) is 0 Å². The molecule has 0 aromatic heterocycles. The van der Waals surface area contributed by atoms with Crippen molar-refractivity contribution >= 4 is 23.0 Å². The summed E-state index contributed by atoms with van der Waals surface area (Å²) in [6, 6.07) is 22.1. The number of ether oxygens (including phenoxy) is 1. The Morgan fingerprint density at radius 3 is 2.10 bits per heavy atom. The van der Waals surface area contributed by atoms with E-state index in [2.05, 4.69) is 28.4 Å². The van der Waals surface area contributed by atoms with Crippen LogP contribution in [-0.4, -0.2) is 41.2 Å². The number of nitrogens with one attached hydrogen (secondary N) is 1. The highest BCUT2D eigenvalue weighted by Crippen LogP contribution is 2.48. The minimum atomic E-state index is -1.02.